The van der Waals surface area contributed by atoms with Crippen LogP contribution in [-0.4, -0.2) is 40.8 Å². The Morgan fingerprint density at radius 1 is 1.23 bits per heavy atom. The molecule has 1 aliphatic heterocycles. The number of hydroxylamine groups is 2. The summed E-state index contributed by atoms with van der Waals surface area (Å²) < 4.78 is 10.7. The van der Waals surface area contributed by atoms with Crippen LogP contribution in [0.4, 0.5) is 0 Å². The Bertz CT molecular complexity index is 1000. The average Bonchev–Trinajstić information content (AvgIpc) is 3.15. The fraction of sp³-hybridized carbons (Fsp3) is 0.435. The van der Waals surface area contributed by atoms with E-state index < -0.39 is 17.0 Å². The first-order chi connectivity index (χ1) is 14.5. The van der Waals surface area contributed by atoms with Crippen LogP contribution in [0.3, 0.4) is 0 Å². The van der Waals surface area contributed by atoms with Crippen molar-refractivity contribution in [2.45, 2.75) is 45.2 Å². The van der Waals surface area contributed by atoms with Crippen LogP contribution < -0.4 is 0 Å². The topological polar surface area (TPSA) is 74.5 Å². The van der Waals surface area contributed by atoms with Crippen LogP contribution in [0.5, 0.6) is 0 Å². The normalized spacial score (nSPS) is 21.2. The molecule has 2 aromatic rings. The second kappa shape index (κ2) is 8.87. The standard InChI is InChI=1S/C23H27Cl2N2O4/c1-22(2)12-15(23(3,4)27(22)29)13-31-21(28)20(30-5)8-6-7-16-9-14-10-17(24)18(25)11-19(14)26-16/h6-11,15,26H,12-13H2,1-5H3/b7-6+,20-8-. The van der Waals surface area contributed by atoms with Crippen LogP contribution in [0.1, 0.15) is 39.8 Å². The summed E-state index contributed by atoms with van der Waals surface area (Å²) in [7, 11) is 1.41. The minimum atomic E-state index is -0.609. The Balaban J connectivity index is 1.65. The number of hydrogen-bond acceptors (Lipinski definition) is 4. The van der Waals surface area contributed by atoms with Crippen LogP contribution in [0, 0.1) is 5.92 Å². The highest BCUT2D eigenvalue weighted by Gasteiger charge is 2.52. The zero-order chi connectivity index (χ0) is 23.0. The number of aromatic nitrogens is 1. The number of methoxy groups -OCH3 is 1. The number of carbonyl (C=O) groups is 1. The lowest BCUT2D eigenvalue weighted by Crippen LogP contribution is -2.46. The number of benzene rings is 1. The van der Waals surface area contributed by atoms with Gasteiger partial charge < -0.3 is 14.5 Å². The molecule has 31 heavy (non-hydrogen) atoms. The molecular formula is C23H27Cl2N2O4. The van der Waals surface area contributed by atoms with E-state index in [1.807, 2.05) is 33.8 Å². The van der Waals surface area contributed by atoms with Gasteiger partial charge >= 0.3 is 5.97 Å². The summed E-state index contributed by atoms with van der Waals surface area (Å²) in [6.45, 7) is 7.72. The molecule has 167 valence electrons. The van der Waals surface area contributed by atoms with Crippen molar-refractivity contribution in [2.24, 2.45) is 5.92 Å². The Morgan fingerprint density at radius 3 is 2.52 bits per heavy atom. The quantitative estimate of drug-likeness (QED) is 0.253. The van der Waals surface area contributed by atoms with Crippen LogP contribution in [0.15, 0.2) is 36.1 Å². The van der Waals surface area contributed by atoms with Gasteiger partial charge in [-0.1, -0.05) is 29.3 Å². The molecule has 1 aromatic carbocycles. The molecule has 0 bridgehead atoms. The van der Waals surface area contributed by atoms with Crippen molar-refractivity contribution >= 4 is 46.2 Å². The van der Waals surface area contributed by atoms with E-state index in [0.717, 1.165) is 21.7 Å². The molecule has 0 amide bonds. The highest BCUT2D eigenvalue weighted by Crippen LogP contribution is 2.43. The third-order valence-electron chi connectivity index (χ3n) is 5.86. The van der Waals surface area contributed by atoms with Crippen molar-refractivity contribution in [2.75, 3.05) is 13.7 Å². The number of rotatable bonds is 6. The largest absolute Gasteiger partial charge is 0.490 e. The Morgan fingerprint density at radius 2 is 1.90 bits per heavy atom. The van der Waals surface area contributed by atoms with Crippen molar-refractivity contribution < 1.29 is 19.5 Å². The van der Waals surface area contributed by atoms with Gasteiger partial charge in [0, 0.05) is 28.1 Å². The first-order valence-corrected chi connectivity index (χ1v) is 10.8. The van der Waals surface area contributed by atoms with Gasteiger partial charge in [-0.3, -0.25) is 0 Å². The first kappa shape index (κ1) is 23.7. The molecule has 1 aliphatic rings. The molecule has 1 radical (unpaired) electrons. The molecule has 0 saturated carbocycles. The lowest BCUT2D eigenvalue weighted by molar-refractivity contribution is -0.249. The summed E-state index contributed by atoms with van der Waals surface area (Å²) in [5, 5.41) is 15.5. The Kier molecular flexibility index (Phi) is 6.77. The summed E-state index contributed by atoms with van der Waals surface area (Å²) in [5.41, 5.74) is 0.581. The first-order valence-electron chi connectivity index (χ1n) is 10.0. The van der Waals surface area contributed by atoms with E-state index in [0.29, 0.717) is 16.5 Å². The smallest absolute Gasteiger partial charge is 0.373 e. The van der Waals surface area contributed by atoms with Crippen LogP contribution >= 0.6 is 23.2 Å². The maximum Gasteiger partial charge on any atom is 0.373 e. The van der Waals surface area contributed by atoms with E-state index >= 15 is 0 Å². The van der Waals surface area contributed by atoms with E-state index in [1.54, 1.807) is 24.3 Å². The Labute approximate surface area is 192 Å². The number of carbonyl (C=O) groups excluding carboxylic acids is 1. The SMILES string of the molecule is CO/C(=C\C=C\c1cc2cc(Cl)c(Cl)cc2[nH]1)C(=O)OCC1CC(C)(C)N([O])C1(C)C. The number of ether oxygens (including phenoxy) is 2. The zero-order valence-electron chi connectivity index (χ0n) is 18.3. The van der Waals surface area contributed by atoms with E-state index in [2.05, 4.69) is 4.98 Å². The van der Waals surface area contributed by atoms with Crippen molar-refractivity contribution in [3.8, 4) is 0 Å². The number of aromatic amines is 1. The average molecular weight is 466 g/mol. The molecule has 2 heterocycles. The van der Waals surface area contributed by atoms with Gasteiger partial charge in [-0.25, -0.2) is 4.79 Å². The maximum atomic E-state index is 12.5. The lowest BCUT2D eigenvalue weighted by Gasteiger charge is -2.33. The van der Waals surface area contributed by atoms with Crippen LogP contribution in [-0.2, 0) is 19.5 Å². The number of hydrogen-bond donors (Lipinski definition) is 1. The summed E-state index contributed by atoms with van der Waals surface area (Å²) in [6.07, 6.45) is 5.68. The number of allylic oxidation sites excluding steroid dienone is 2. The monoisotopic (exact) mass is 465 g/mol. The number of fused-ring (bicyclic) bond motifs is 1. The van der Waals surface area contributed by atoms with Gasteiger partial charge in [-0.05, 0) is 64.5 Å². The summed E-state index contributed by atoms with van der Waals surface area (Å²) in [4.78, 5) is 15.7. The molecule has 1 saturated heterocycles. The highest BCUT2D eigenvalue weighted by molar-refractivity contribution is 6.42. The fourth-order valence-electron chi connectivity index (χ4n) is 4.09. The number of esters is 1. The number of nitrogens with zero attached hydrogens (tertiary/aromatic N) is 1. The summed E-state index contributed by atoms with van der Waals surface area (Å²) >= 11 is 12.1. The van der Waals surface area contributed by atoms with Gasteiger partial charge in [0.25, 0.3) is 0 Å². The highest BCUT2D eigenvalue weighted by atomic mass is 35.5. The minimum Gasteiger partial charge on any atom is -0.490 e. The van der Waals surface area contributed by atoms with Gasteiger partial charge in [0.2, 0.25) is 5.76 Å². The predicted octanol–water partition coefficient (Wildman–Crippen LogP) is 5.79. The molecule has 8 heteroatoms. The number of halogens is 2. The Hall–Kier alpha value is -1.99. The molecule has 1 fully saturated rings. The number of H-pyrrole nitrogens is 1. The molecule has 0 aliphatic carbocycles. The lowest BCUT2D eigenvalue weighted by atomic mass is 9.88. The van der Waals surface area contributed by atoms with Gasteiger partial charge in [0.05, 0.1) is 29.3 Å². The maximum absolute atomic E-state index is 12.5. The van der Waals surface area contributed by atoms with Crippen molar-refractivity contribution in [3.05, 3.63) is 51.8 Å². The third-order valence-corrected chi connectivity index (χ3v) is 6.58. The van der Waals surface area contributed by atoms with E-state index in [-0.39, 0.29) is 18.3 Å². The van der Waals surface area contributed by atoms with Crippen LogP contribution in [0.25, 0.3) is 17.0 Å². The zero-order valence-corrected chi connectivity index (χ0v) is 19.8. The minimum absolute atomic E-state index is 0.0670. The molecule has 6 nitrogen and oxygen atoms in total. The summed E-state index contributed by atoms with van der Waals surface area (Å²) in [5.74, 6) is -0.560. The second-order valence-corrected chi connectivity index (χ2v) is 9.75. The molecule has 1 N–H and O–H groups in total. The molecule has 1 unspecified atom stereocenters. The van der Waals surface area contributed by atoms with Gasteiger partial charge in [0.1, 0.15) is 0 Å². The molecule has 1 atom stereocenters. The molecule has 1 aromatic heterocycles. The second-order valence-electron chi connectivity index (χ2n) is 8.93. The van der Waals surface area contributed by atoms with Crippen molar-refractivity contribution in [3.63, 3.8) is 0 Å². The van der Waals surface area contributed by atoms with Gasteiger partial charge in [-0.2, -0.15) is 0 Å². The van der Waals surface area contributed by atoms with Gasteiger partial charge in [-0.15, -0.1) is 10.3 Å². The predicted molar refractivity (Wildman–Crippen MR) is 122 cm³/mol. The fourth-order valence-corrected chi connectivity index (χ4v) is 4.42. The molecule has 0 spiro atoms. The van der Waals surface area contributed by atoms with E-state index in [4.69, 9.17) is 32.7 Å². The number of nitrogens with one attached hydrogen (secondary N) is 1. The molecular weight excluding hydrogens is 439 g/mol. The van der Waals surface area contributed by atoms with Crippen molar-refractivity contribution in [1.82, 2.24) is 10.0 Å². The van der Waals surface area contributed by atoms with Gasteiger partial charge in [0.15, 0.2) is 0 Å². The third kappa shape index (κ3) is 4.93. The van der Waals surface area contributed by atoms with Crippen LogP contribution in [0.2, 0.25) is 10.0 Å². The van der Waals surface area contributed by atoms with Crippen molar-refractivity contribution in [1.29, 1.82) is 0 Å². The molecule has 3 rings (SSSR count). The summed E-state index contributed by atoms with van der Waals surface area (Å²) in [6, 6.07) is 5.47. The van der Waals surface area contributed by atoms with E-state index in [1.165, 1.54) is 13.2 Å². The van der Waals surface area contributed by atoms with E-state index in [9.17, 15) is 10.0 Å².